The van der Waals surface area contributed by atoms with Gasteiger partial charge >= 0.3 is 7.12 Å². The number of carbonyl (C=O) groups excluding carboxylic acids is 1. The number of Topliss-reactive ketones (excluding diaryl/α,β-unsaturated/α-hetero) is 1. The minimum atomic E-state index is -0.925. The van der Waals surface area contributed by atoms with Crippen LogP contribution < -0.4 is 5.46 Å². The number of carbonyl (C=O) groups is 1. The molecule has 3 rings (SSSR count). The zero-order chi connectivity index (χ0) is 15.9. The Kier molecular flexibility index (Phi) is 3.97. The Morgan fingerprint density at radius 1 is 1.27 bits per heavy atom. The molecule has 0 saturated carbocycles. The fourth-order valence-corrected chi connectivity index (χ4v) is 3.23. The predicted octanol–water partition coefficient (Wildman–Crippen LogP) is 2.83. The molecule has 0 radical (unpaired) electrons. The van der Waals surface area contributed by atoms with Crippen LogP contribution in [0.3, 0.4) is 0 Å². The summed E-state index contributed by atoms with van der Waals surface area (Å²) in [6.45, 7) is 3.85. The van der Waals surface area contributed by atoms with Gasteiger partial charge in [-0.05, 0) is 42.6 Å². The maximum Gasteiger partial charge on any atom is 0.492 e. The van der Waals surface area contributed by atoms with Crippen LogP contribution in [0.2, 0.25) is 0 Å². The molecule has 2 aromatic rings. The molecule has 0 saturated heterocycles. The third-order valence-electron chi connectivity index (χ3n) is 3.95. The SMILES string of the molecule is CC1(C)OB(O)c2cc(CC(=O)c3cccc(Br)c3)ccc21. The number of hydrogen-bond donors (Lipinski definition) is 1. The van der Waals surface area contributed by atoms with Crippen molar-refractivity contribution in [1.29, 1.82) is 0 Å². The first-order valence-corrected chi connectivity index (χ1v) is 7.94. The van der Waals surface area contributed by atoms with Gasteiger partial charge in [0.05, 0.1) is 5.60 Å². The maximum absolute atomic E-state index is 12.4. The molecule has 0 fully saturated rings. The fourth-order valence-electron chi connectivity index (χ4n) is 2.83. The van der Waals surface area contributed by atoms with E-state index >= 15 is 0 Å². The predicted molar refractivity (Wildman–Crippen MR) is 90.3 cm³/mol. The van der Waals surface area contributed by atoms with Gasteiger partial charge in [-0.2, -0.15) is 0 Å². The molecule has 0 bridgehead atoms. The molecule has 0 aromatic heterocycles. The highest BCUT2D eigenvalue weighted by Crippen LogP contribution is 2.30. The number of rotatable bonds is 3. The molecule has 2 aromatic carbocycles. The van der Waals surface area contributed by atoms with E-state index in [-0.39, 0.29) is 5.78 Å². The minimum Gasteiger partial charge on any atom is -0.423 e. The largest absolute Gasteiger partial charge is 0.492 e. The van der Waals surface area contributed by atoms with Gasteiger partial charge in [0.2, 0.25) is 0 Å². The lowest BCUT2D eigenvalue weighted by atomic mass is 9.77. The van der Waals surface area contributed by atoms with Crippen molar-refractivity contribution in [3.05, 3.63) is 63.6 Å². The zero-order valence-electron chi connectivity index (χ0n) is 12.5. The van der Waals surface area contributed by atoms with Crippen LogP contribution in [0.25, 0.3) is 0 Å². The molecule has 0 spiro atoms. The van der Waals surface area contributed by atoms with E-state index in [1.165, 1.54) is 0 Å². The van der Waals surface area contributed by atoms with Gasteiger partial charge in [0.15, 0.2) is 5.78 Å². The maximum atomic E-state index is 12.4. The fraction of sp³-hybridized carbons (Fsp3) is 0.235. The van der Waals surface area contributed by atoms with Crippen LogP contribution in [0.1, 0.15) is 35.3 Å². The second-order valence-electron chi connectivity index (χ2n) is 6.01. The molecule has 0 unspecified atom stereocenters. The topological polar surface area (TPSA) is 46.5 Å². The molecular weight excluding hydrogens is 343 g/mol. The summed E-state index contributed by atoms with van der Waals surface area (Å²) in [6.07, 6.45) is 0.302. The molecule has 1 aliphatic rings. The highest BCUT2D eigenvalue weighted by Gasteiger charge is 2.40. The third-order valence-corrected chi connectivity index (χ3v) is 4.44. The van der Waals surface area contributed by atoms with Crippen molar-refractivity contribution in [2.45, 2.75) is 25.9 Å². The van der Waals surface area contributed by atoms with Gasteiger partial charge in [0.1, 0.15) is 0 Å². The van der Waals surface area contributed by atoms with Crippen LogP contribution in [-0.2, 0) is 16.7 Å². The summed E-state index contributed by atoms with van der Waals surface area (Å²) in [5.74, 6) is 0.0499. The van der Waals surface area contributed by atoms with Gasteiger partial charge in [0, 0.05) is 16.5 Å². The van der Waals surface area contributed by atoms with E-state index in [2.05, 4.69) is 15.9 Å². The summed E-state index contributed by atoms with van der Waals surface area (Å²) in [5.41, 5.74) is 2.78. The first-order chi connectivity index (χ1) is 10.4. The second kappa shape index (κ2) is 5.65. The van der Waals surface area contributed by atoms with Crippen LogP contribution in [0.4, 0.5) is 0 Å². The second-order valence-corrected chi connectivity index (χ2v) is 6.93. The van der Waals surface area contributed by atoms with Gasteiger partial charge in [-0.1, -0.05) is 46.3 Å². The average molecular weight is 359 g/mol. The summed E-state index contributed by atoms with van der Waals surface area (Å²) in [6, 6.07) is 13.1. The quantitative estimate of drug-likeness (QED) is 0.677. The molecule has 0 amide bonds. The van der Waals surface area contributed by atoms with E-state index in [0.29, 0.717) is 12.0 Å². The van der Waals surface area contributed by atoms with Crippen LogP contribution in [0.5, 0.6) is 0 Å². The monoisotopic (exact) mass is 358 g/mol. The molecule has 1 heterocycles. The van der Waals surface area contributed by atoms with Gasteiger partial charge in [-0.25, -0.2) is 0 Å². The Morgan fingerprint density at radius 3 is 2.77 bits per heavy atom. The van der Waals surface area contributed by atoms with Gasteiger partial charge in [-0.15, -0.1) is 0 Å². The molecule has 0 aliphatic carbocycles. The Bertz CT molecular complexity index is 742. The number of benzene rings is 2. The average Bonchev–Trinajstić information content (AvgIpc) is 2.68. The third kappa shape index (κ3) is 2.89. The Labute approximate surface area is 138 Å². The summed E-state index contributed by atoms with van der Waals surface area (Å²) in [7, 11) is -0.925. The molecule has 5 heteroatoms. The molecular formula is C17H16BBrO3. The highest BCUT2D eigenvalue weighted by molar-refractivity contribution is 9.10. The van der Waals surface area contributed by atoms with E-state index in [9.17, 15) is 9.82 Å². The first kappa shape index (κ1) is 15.5. The van der Waals surface area contributed by atoms with Crippen molar-refractivity contribution < 1.29 is 14.5 Å². The smallest absolute Gasteiger partial charge is 0.423 e. The summed E-state index contributed by atoms with van der Waals surface area (Å²) < 4.78 is 6.43. The number of ketones is 1. The lowest BCUT2D eigenvalue weighted by Crippen LogP contribution is -2.29. The molecule has 3 nitrogen and oxygen atoms in total. The van der Waals surface area contributed by atoms with Crippen LogP contribution in [0, 0.1) is 0 Å². The van der Waals surface area contributed by atoms with Crippen molar-refractivity contribution >= 4 is 34.3 Å². The summed E-state index contributed by atoms with van der Waals surface area (Å²) >= 11 is 3.38. The van der Waals surface area contributed by atoms with E-state index in [0.717, 1.165) is 21.1 Å². The standard InChI is InChI=1S/C17H16BBrO3/c1-17(2)14-7-6-11(8-15(14)18(21)22-17)9-16(20)12-4-3-5-13(19)10-12/h3-8,10,21H,9H2,1-2H3. The van der Waals surface area contributed by atoms with Crippen molar-refractivity contribution in [1.82, 2.24) is 0 Å². The van der Waals surface area contributed by atoms with Gasteiger partial charge in [0.25, 0.3) is 0 Å². The van der Waals surface area contributed by atoms with Crippen LogP contribution >= 0.6 is 15.9 Å². The van der Waals surface area contributed by atoms with Gasteiger partial charge in [-0.3, -0.25) is 4.79 Å². The number of hydrogen-bond acceptors (Lipinski definition) is 3. The lowest BCUT2D eigenvalue weighted by Gasteiger charge is -2.19. The zero-order valence-corrected chi connectivity index (χ0v) is 14.1. The molecule has 1 aliphatic heterocycles. The Hall–Kier alpha value is -1.43. The molecule has 0 atom stereocenters. The minimum absolute atomic E-state index is 0.0499. The van der Waals surface area contributed by atoms with E-state index in [1.807, 2.05) is 56.3 Å². The molecule has 1 N–H and O–H groups in total. The number of halogens is 1. The molecule has 22 heavy (non-hydrogen) atoms. The van der Waals surface area contributed by atoms with Crippen molar-refractivity contribution in [3.8, 4) is 0 Å². The Morgan fingerprint density at radius 2 is 2.05 bits per heavy atom. The van der Waals surface area contributed by atoms with E-state index in [1.54, 1.807) is 0 Å². The first-order valence-electron chi connectivity index (χ1n) is 7.15. The summed E-state index contributed by atoms with van der Waals surface area (Å²) in [5, 5.41) is 10.0. The normalized spacial score (nSPS) is 15.7. The summed E-state index contributed by atoms with van der Waals surface area (Å²) in [4.78, 5) is 12.4. The van der Waals surface area contributed by atoms with E-state index < -0.39 is 12.7 Å². The number of fused-ring (bicyclic) bond motifs is 1. The van der Waals surface area contributed by atoms with Crippen LogP contribution in [-0.4, -0.2) is 17.9 Å². The van der Waals surface area contributed by atoms with Gasteiger partial charge < -0.3 is 9.68 Å². The van der Waals surface area contributed by atoms with Crippen molar-refractivity contribution in [3.63, 3.8) is 0 Å². The van der Waals surface area contributed by atoms with E-state index in [4.69, 9.17) is 4.65 Å². The molecule has 112 valence electrons. The Balaban J connectivity index is 1.86. The van der Waals surface area contributed by atoms with Crippen LogP contribution in [0.15, 0.2) is 46.9 Å². The van der Waals surface area contributed by atoms with Crippen molar-refractivity contribution in [2.75, 3.05) is 0 Å². The highest BCUT2D eigenvalue weighted by atomic mass is 79.9. The van der Waals surface area contributed by atoms with Crippen molar-refractivity contribution in [2.24, 2.45) is 0 Å². The lowest BCUT2D eigenvalue weighted by molar-refractivity contribution is 0.0991.